The first kappa shape index (κ1) is 13.9. The van der Waals surface area contributed by atoms with Gasteiger partial charge in [-0.1, -0.05) is 34.5 Å². The molecule has 1 aliphatic heterocycles. The van der Waals surface area contributed by atoms with Crippen molar-refractivity contribution in [1.82, 2.24) is 4.90 Å². The second-order valence-corrected chi connectivity index (χ2v) is 6.50. The van der Waals surface area contributed by atoms with E-state index in [1.54, 1.807) is 12.1 Å². The summed E-state index contributed by atoms with van der Waals surface area (Å²) in [4.78, 5) is 14.5. The van der Waals surface area contributed by atoms with Crippen LogP contribution < -0.4 is 0 Å². The van der Waals surface area contributed by atoms with E-state index in [2.05, 4.69) is 29.8 Å². The number of halogens is 2. The summed E-state index contributed by atoms with van der Waals surface area (Å²) in [6.45, 7) is 5.15. The van der Waals surface area contributed by atoms with Crippen LogP contribution in [0.2, 0.25) is 5.02 Å². The third-order valence-electron chi connectivity index (χ3n) is 3.49. The molecule has 2 nitrogen and oxygen atoms in total. The van der Waals surface area contributed by atoms with Crippen LogP contribution in [-0.2, 0) is 0 Å². The molecular weight excluding hydrogens is 314 g/mol. The molecule has 2 rings (SSSR count). The Morgan fingerprint density at radius 2 is 2.06 bits per heavy atom. The molecular formula is C14H17BrClNO. The van der Waals surface area contributed by atoms with E-state index in [0.29, 0.717) is 22.5 Å². The lowest BCUT2D eigenvalue weighted by atomic mass is 9.94. The fourth-order valence-corrected chi connectivity index (χ4v) is 3.27. The maximum Gasteiger partial charge on any atom is 0.254 e. The van der Waals surface area contributed by atoms with Crippen LogP contribution in [0.15, 0.2) is 22.7 Å². The summed E-state index contributed by atoms with van der Waals surface area (Å²) in [5, 5.41) is 0.588. The molecule has 98 valence electrons. The highest BCUT2D eigenvalue weighted by Gasteiger charge is 2.27. The van der Waals surface area contributed by atoms with Crippen molar-refractivity contribution < 1.29 is 4.79 Å². The molecule has 0 saturated carbocycles. The first-order valence-corrected chi connectivity index (χ1v) is 7.41. The number of amides is 1. The normalized spacial score (nSPS) is 24.1. The molecule has 0 spiro atoms. The molecule has 0 radical (unpaired) electrons. The van der Waals surface area contributed by atoms with E-state index in [4.69, 9.17) is 11.6 Å². The summed E-state index contributed by atoms with van der Waals surface area (Å²) in [6, 6.07) is 5.67. The molecule has 1 amide bonds. The van der Waals surface area contributed by atoms with Gasteiger partial charge >= 0.3 is 0 Å². The van der Waals surface area contributed by atoms with Crippen LogP contribution in [0.4, 0.5) is 0 Å². The zero-order valence-electron chi connectivity index (χ0n) is 10.6. The largest absolute Gasteiger partial charge is 0.336 e. The van der Waals surface area contributed by atoms with Gasteiger partial charge in [0.15, 0.2) is 0 Å². The fraction of sp³-hybridized carbons (Fsp3) is 0.500. The minimum atomic E-state index is 0.0808. The molecule has 18 heavy (non-hydrogen) atoms. The quantitative estimate of drug-likeness (QED) is 0.749. The standard InChI is InChI=1S/C14H17BrClNO/c1-9-3-4-10(2)17(8-9)14(18)11-5-12(15)7-13(16)6-11/h5-7,9-10H,3-4,8H2,1-2H3. The van der Waals surface area contributed by atoms with E-state index in [-0.39, 0.29) is 5.91 Å². The summed E-state index contributed by atoms with van der Waals surface area (Å²) in [7, 11) is 0. The van der Waals surface area contributed by atoms with Crippen LogP contribution in [0.25, 0.3) is 0 Å². The Morgan fingerprint density at radius 1 is 1.33 bits per heavy atom. The highest BCUT2D eigenvalue weighted by Crippen LogP contribution is 2.25. The molecule has 0 aliphatic carbocycles. The maximum absolute atomic E-state index is 12.5. The van der Waals surface area contributed by atoms with E-state index in [1.807, 2.05) is 11.0 Å². The average molecular weight is 331 g/mol. The minimum absolute atomic E-state index is 0.0808. The van der Waals surface area contributed by atoms with Gasteiger partial charge in [-0.05, 0) is 43.9 Å². The van der Waals surface area contributed by atoms with Gasteiger partial charge in [-0.15, -0.1) is 0 Å². The Balaban J connectivity index is 2.24. The number of piperidine rings is 1. The monoisotopic (exact) mass is 329 g/mol. The Hall–Kier alpha value is -0.540. The summed E-state index contributed by atoms with van der Waals surface area (Å²) in [5.41, 5.74) is 0.662. The van der Waals surface area contributed by atoms with Crippen molar-refractivity contribution in [2.75, 3.05) is 6.54 Å². The van der Waals surface area contributed by atoms with Gasteiger partial charge in [0.05, 0.1) is 0 Å². The van der Waals surface area contributed by atoms with Gasteiger partial charge in [0.1, 0.15) is 0 Å². The Morgan fingerprint density at radius 3 is 2.72 bits per heavy atom. The van der Waals surface area contributed by atoms with Crippen LogP contribution in [-0.4, -0.2) is 23.4 Å². The lowest BCUT2D eigenvalue weighted by molar-refractivity contribution is 0.0574. The minimum Gasteiger partial charge on any atom is -0.336 e. The molecule has 1 heterocycles. The van der Waals surface area contributed by atoms with Crippen LogP contribution in [0.3, 0.4) is 0 Å². The summed E-state index contributed by atoms with van der Waals surface area (Å²) in [6.07, 6.45) is 2.28. The zero-order valence-corrected chi connectivity index (χ0v) is 13.0. The molecule has 1 fully saturated rings. The molecule has 1 aromatic rings. The molecule has 4 heteroatoms. The van der Waals surface area contributed by atoms with Crippen molar-refractivity contribution >= 4 is 33.4 Å². The van der Waals surface area contributed by atoms with Gasteiger partial charge in [-0.3, -0.25) is 4.79 Å². The van der Waals surface area contributed by atoms with Gasteiger partial charge in [-0.25, -0.2) is 0 Å². The third kappa shape index (κ3) is 3.07. The van der Waals surface area contributed by atoms with Crippen molar-refractivity contribution in [2.45, 2.75) is 32.7 Å². The second-order valence-electron chi connectivity index (χ2n) is 5.15. The van der Waals surface area contributed by atoms with Gasteiger partial charge in [-0.2, -0.15) is 0 Å². The van der Waals surface area contributed by atoms with Crippen LogP contribution in [0.5, 0.6) is 0 Å². The fourth-order valence-electron chi connectivity index (χ4n) is 2.41. The SMILES string of the molecule is CC1CCC(C)N(C(=O)c2cc(Cl)cc(Br)c2)C1. The predicted octanol–water partition coefficient (Wildman–Crippen LogP) is 4.36. The Kier molecular flexibility index (Phi) is 4.33. The molecule has 2 atom stereocenters. The molecule has 0 bridgehead atoms. The highest BCUT2D eigenvalue weighted by molar-refractivity contribution is 9.10. The van der Waals surface area contributed by atoms with Gasteiger partial charge in [0.2, 0.25) is 0 Å². The second kappa shape index (κ2) is 5.62. The third-order valence-corrected chi connectivity index (χ3v) is 4.16. The molecule has 1 aliphatic rings. The summed E-state index contributed by atoms with van der Waals surface area (Å²) < 4.78 is 0.844. The highest BCUT2D eigenvalue weighted by atomic mass is 79.9. The lowest BCUT2D eigenvalue weighted by Gasteiger charge is -2.37. The van der Waals surface area contributed by atoms with Crippen LogP contribution in [0.1, 0.15) is 37.0 Å². The molecule has 0 N–H and O–H groups in total. The van der Waals surface area contributed by atoms with E-state index >= 15 is 0 Å². The maximum atomic E-state index is 12.5. The first-order chi connectivity index (χ1) is 8.47. The number of carbonyl (C=O) groups is 1. The first-order valence-electron chi connectivity index (χ1n) is 6.24. The number of rotatable bonds is 1. The van der Waals surface area contributed by atoms with Crippen molar-refractivity contribution in [3.05, 3.63) is 33.3 Å². The van der Waals surface area contributed by atoms with Crippen molar-refractivity contribution in [3.63, 3.8) is 0 Å². The predicted molar refractivity (Wildman–Crippen MR) is 78.0 cm³/mol. The molecule has 1 aromatic carbocycles. The molecule has 2 unspecified atom stereocenters. The van der Waals surface area contributed by atoms with Gasteiger partial charge in [0, 0.05) is 27.6 Å². The topological polar surface area (TPSA) is 20.3 Å². The smallest absolute Gasteiger partial charge is 0.254 e. The van der Waals surface area contributed by atoms with E-state index in [0.717, 1.165) is 17.4 Å². The van der Waals surface area contributed by atoms with Gasteiger partial charge < -0.3 is 4.90 Å². The average Bonchev–Trinajstić information content (AvgIpc) is 2.30. The summed E-state index contributed by atoms with van der Waals surface area (Å²) in [5.74, 6) is 0.657. The molecule has 0 aromatic heterocycles. The van der Waals surface area contributed by atoms with Crippen LogP contribution in [0, 0.1) is 5.92 Å². The zero-order chi connectivity index (χ0) is 13.3. The van der Waals surface area contributed by atoms with E-state index in [9.17, 15) is 4.79 Å². The van der Waals surface area contributed by atoms with E-state index in [1.165, 1.54) is 6.42 Å². The van der Waals surface area contributed by atoms with Crippen LogP contribution >= 0.6 is 27.5 Å². The number of hydrogen-bond acceptors (Lipinski definition) is 1. The van der Waals surface area contributed by atoms with Gasteiger partial charge in [0.25, 0.3) is 5.91 Å². The number of benzene rings is 1. The number of likely N-dealkylation sites (tertiary alicyclic amines) is 1. The Bertz CT molecular complexity index is 443. The number of carbonyl (C=O) groups excluding carboxylic acids is 1. The summed E-state index contributed by atoms with van der Waals surface area (Å²) >= 11 is 9.37. The lowest BCUT2D eigenvalue weighted by Crippen LogP contribution is -2.44. The van der Waals surface area contributed by atoms with Crippen molar-refractivity contribution in [2.24, 2.45) is 5.92 Å². The van der Waals surface area contributed by atoms with Crippen molar-refractivity contribution in [1.29, 1.82) is 0 Å². The Labute approximate surface area is 121 Å². The van der Waals surface area contributed by atoms with Crippen molar-refractivity contribution in [3.8, 4) is 0 Å². The van der Waals surface area contributed by atoms with E-state index < -0.39 is 0 Å². The number of hydrogen-bond donors (Lipinski definition) is 0. The molecule has 1 saturated heterocycles. The number of nitrogens with zero attached hydrogens (tertiary/aromatic N) is 1.